The van der Waals surface area contributed by atoms with Gasteiger partial charge in [-0.05, 0) is 30.7 Å². The van der Waals surface area contributed by atoms with Gasteiger partial charge in [-0.2, -0.15) is 0 Å². The zero-order chi connectivity index (χ0) is 14.8. The topological polar surface area (TPSA) is 70.3 Å². The standard InChI is InChI=1S/C14H18ClN3OS2/c15-13-4-3-12(21-13)11-2-1-9(20-11)7-18-14(19)10-5-8(16)6-17-10/h1-4,8,10,14,17-19H,5-7,16H2. The molecule has 2 aromatic rings. The summed E-state index contributed by atoms with van der Waals surface area (Å²) in [6.45, 7) is 1.42. The van der Waals surface area contributed by atoms with Crippen molar-refractivity contribution in [1.82, 2.24) is 10.6 Å². The zero-order valence-electron chi connectivity index (χ0n) is 11.4. The number of nitrogens with one attached hydrogen (secondary N) is 2. The van der Waals surface area contributed by atoms with Crippen LogP contribution in [0.1, 0.15) is 11.3 Å². The largest absolute Gasteiger partial charge is 0.377 e. The van der Waals surface area contributed by atoms with E-state index >= 15 is 0 Å². The van der Waals surface area contributed by atoms with Crippen molar-refractivity contribution in [1.29, 1.82) is 0 Å². The van der Waals surface area contributed by atoms with Gasteiger partial charge in [0.15, 0.2) is 0 Å². The van der Waals surface area contributed by atoms with Gasteiger partial charge < -0.3 is 16.2 Å². The van der Waals surface area contributed by atoms with Crippen molar-refractivity contribution < 1.29 is 5.11 Å². The number of rotatable bonds is 5. The molecule has 0 radical (unpaired) electrons. The van der Waals surface area contributed by atoms with E-state index in [0.717, 1.165) is 17.3 Å². The SMILES string of the molecule is NC1CNC(C(O)NCc2ccc(-c3ccc(Cl)s3)s2)C1. The average molecular weight is 344 g/mol. The predicted octanol–water partition coefficient (Wildman–Crippen LogP) is 2.23. The third kappa shape index (κ3) is 3.84. The molecule has 0 aliphatic carbocycles. The average Bonchev–Trinajstić information content (AvgIpc) is 3.16. The van der Waals surface area contributed by atoms with Gasteiger partial charge in [-0.3, -0.25) is 5.32 Å². The minimum Gasteiger partial charge on any atom is -0.377 e. The van der Waals surface area contributed by atoms with Crippen molar-refractivity contribution in [3.63, 3.8) is 0 Å². The fourth-order valence-electron chi connectivity index (χ4n) is 2.44. The molecule has 1 aliphatic heterocycles. The molecule has 7 heteroatoms. The molecule has 2 aromatic heterocycles. The van der Waals surface area contributed by atoms with Crippen molar-refractivity contribution in [2.45, 2.75) is 31.3 Å². The maximum atomic E-state index is 10.1. The summed E-state index contributed by atoms with van der Waals surface area (Å²) >= 11 is 9.26. The first-order valence-electron chi connectivity index (χ1n) is 6.86. The van der Waals surface area contributed by atoms with Gasteiger partial charge in [-0.15, -0.1) is 22.7 Å². The lowest BCUT2D eigenvalue weighted by atomic mass is 10.1. The summed E-state index contributed by atoms with van der Waals surface area (Å²) in [6.07, 6.45) is 0.234. The second kappa shape index (κ2) is 6.75. The van der Waals surface area contributed by atoms with Crippen molar-refractivity contribution in [2.24, 2.45) is 5.73 Å². The molecular formula is C14H18ClN3OS2. The minimum absolute atomic E-state index is 0.0375. The highest BCUT2D eigenvalue weighted by molar-refractivity contribution is 7.24. The van der Waals surface area contributed by atoms with Crippen LogP contribution in [0.4, 0.5) is 0 Å². The summed E-state index contributed by atoms with van der Waals surface area (Å²) in [4.78, 5) is 3.58. The first kappa shape index (κ1) is 15.4. The summed E-state index contributed by atoms with van der Waals surface area (Å²) in [5.74, 6) is 0. The van der Waals surface area contributed by atoms with E-state index in [2.05, 4.69) is 22.8 Å². The van der Waals surface area contributed by atoms with Crippen LogP contribution < -0.4 is 16.4 Å². The molecule has 4 nitrogen and oxygen atoms in total. The summed E-state index contributed by atoms with van der Waals surface area (Å²) in [6, 6.07) is 8.31. The molecule has 0 saturated carbocycles. The maximum absolute atomic E-state index is 10.1. The van der Waals surface area contributed by atoms with Gasteiger partial charge in [0.1, 0.15) is 6.23 Å². The Hall–Kier alpha value is -0.470. The lowest BCUT2D eigenvalue weighted by Crippen LogP contribution is -2.44. The second-order valence-corrected chi connectivity index (χ2v) is 8.09. The van der Waals surface area contributed by atoms with E-state index in [-0.39, 0.29) is 12.1 Å². The van der Waals surface area contributed by atoms with Crippen LogP contribution in [0, 0.1) is 0 Å². The Morgan fingerprint density at radius 2 is 2.10 bits per heavy atom. The summed E-state index contributed by atoms with van der Waals surface area (Å²) in [5.41, 5.74) is 5.83. The van der Waals surface area contributed by atoms with E-state index in [1.807, 2.05) is 12.1 Å². The smallest absolute Gasteiger partial charge is 0.120 e. The van der Waals surface area contributed by atoms with Gasteiger partial charge in [0, 0.05) is 39.8 Å². The van der Waals surface area contributed by atoms with E-state index in [1.165, 1.54) is 14.6 Å². The molecule has 0 aromatic carbocycles. The number of aliphatic hydroxyl groups excluding tert-OH is 1. The van der Waals surface area contributed by atoms with Crippen LogP contribution in [-0.4, -0.2) is 30.0 Å². The fourth-order valence-corrected chi connectivity index (χ4v) is 4.53. The minimum atomic E-state index is -0.569. The third-order valence-electron chi connectivity index (χ3n) is 3.54. The first-order valence-corrected chi connectivity index (χ1v) is 8.88. The summed E-state index contributed by atoms with van der Waals surface area (Å²) in [5, 5.41) is 16.5. The Balaban J connectivity index is 1.55. The van der Waals surface area contributed by atoms with Crippen LogP contribution >= 0.6 is 34.3 Å². The van der Waals surface area contributed by atoms with Gasteiger partial charge in [-0.1, -0.05) is 11.6 Å². The van der Waals surface area contributed by atoms with E-state index in [1.54, 1.807) is 22.7 Å². The molecule has 21 heavy (non-hydrogen) atoms. The van der Waals surface area contributed by atoms with Crippen LogP contribution in [0.2, 0.25) is 4.34 Å². The van der Waals surface area contributed by atoms with Crippen LogP contribution in [-0.2, 0) is 6.54 Å². The maximum Gasteiger partial charge on any atom is 0.120 e. The third-order valence-corrected chi connectivity index (χ3v) is 6.06. The molecule has 3 heterocycles. The number of hydrogen-bond acceptors (Lipinski definition) is 6. The highest BCUT2D eigenvalue weighted by Crippen LogP contribution is 2.35. The van der Waals surface area contributed by atoms with Crippen LogP contribution in [0.5, 0.6) is 0 Å². The lowest BCUT2D eigenvalue weighted by molar-refractivity contribution is 0.0992. The summed E-state index contributed by atoms with van der Waals surface area (Å²) < 4.78 is 0.803. The van der Waals surface area contributed by atoms with Gasteiger partial charge in [-0.25, -0.2) is 0 Å². The molecular weight excluding hydrogens is 326 g/mol. The van der Waals surface area contributed by atoms with Crippen LogP contribution in [0.15, 0.2) is 24.3 Å². The number of hydrogen-bond donors (Lipinski definition) is 4. The number of halogens is 1. The molecule has 0 amide bonds. The molecule has 0 bridgehead atoms. The molecule has 3 rings (SSSR count). The molecule has 1 aliphatic rings. The summed E-state index contributed by atoms with van der Waals surface area (Å²) in [7, 11) is 0. The molecule has 1 fully saturated rings. The quantitative estimate of drug-likeness (QED) is 0.628. The first-order chi connectivity index (χ1) is 10.1. The molecule has 3 unspecified atom stereocenters. The normalized spacial score (nSPS) is 23.6. The number of nitrogens with two attached hydrogens (primary N) is 1. The number of thiophene rings is 2. The Labute approximate surface area is 136 Å². The molecule has 3 atom stereocenters. The van der Waals surface area contributed by atoms with E-state index < -0.39 is 6.23 Å². The molecule has 0 spiro atoms. The monoisotopic (exact) mass is 343 g/mol. The Bertz CT molecular complexity index is 601. The Kier molecular flexibility index (Phi) is 4.96. The highest BCUT2D eigenvalue weighted by Gasteiger charge is 2.26. The zero-order valence-corrected chi connectivity index (χ0v) is 13.8. The van der Waals surface area contributed by atoms with Crippen LogP contribution in [0.25, 0.3) is 9.75 Å². The van der Waals surface area contributed by atoms with E-state index in [4.69, 9.17) is 17.3 Å². The van der Waals surface area contributed by atoms with Crippen molar-refractivity contribution in [3.05, 3.63) is 33.5 Å². The van der Waals surface area contributed by atoms with Gasteiger partial charge >= 0.3 is 0 Å². The fraction of sp³-hybridized carbons (Fsp3) is 0.429. The Morgan fingerprint density at radius 3 is 2.76 bits per heavy atom. The Morgan fingerprint density at radius 1 is 1.33 bits per heavy atom. The van der Waals surface area contributed by atoms with Gasteiger partial charge in [0.2, 0.25) is 0 Å². The van der Waals surface area contributed by atoms with Gasteiger partial charge in [0.05, 0.1) is 4.34 Å². The predicted molar refractivity (Wildman–Crippen MR) is 89.9 cm³/mol. The van der Waals surface area contributed by atoms with Crippen molar-refractivity contribution in [3.8, 4) is 9.75 Å². The molecule has 5 N–H and O–H groups in total. The van der Waals surface area contributed by atoms with E-state index in [0.29, 0.717) is 6.54 Å². The molecule has 1 saturated heterocycles. The van der Waals surface area contributed by atoms with Crippen molar-refractivity contribution in [2.75, 3.05) is 6.54 Å². The second-order valence-electron chi connectivity index (χ2n) is 5.21. The van der Waals surface area contributed by atoms with Crippen LogP contribution in [0.3, 0.4) is 0 Å². The van der Waals surface area contributed by atoms with Crippen molar-refractivity contribution >= 4 is 34.3 Å². The molecule has 114 valence electrons. The van der Waals surface area contributed by atoms with E-state index in [9.17, 15) is 5.11 Å². The highest BCUT2D eigenvalue weighted by atomic mass is 35.5. The number of aliphatic hydroxyl groups is 1. The lowest BCUT2D eigenvalue weighted by Gasteiger charge is -2.19. The van der Waals surface area contributed by atoms with Gasteiger partial charge in [0.25, 0.3) is 0 Å².